The van der Waals surface area contributed by atoms with Gasteiger partial charge in [-0.2, -0.15) is 0 Å². The molecule has 1 aliphatic rings. The molecular weight excluding hydrogens is 342 g/mol. The van der Waals surface area contributed by atoms with Crippen molar-refractivity contribution in [3.8, 4) is 5.75 Å². The number of morpholine rings is 1. The number of aryl methyl sites for hydroxylation is 1. The third-order valence-electron chi connectivity index (χ3n) is 5.01. The minimum Gasteiger partial charge on any atom is -0.497 e. The quantitative estimate of drug-likeness (QED) is 0.815. The van der Waals surface area contributed by atoms with Gasteiger partial charge in [-0.05, 0) is 36.1 Å². The van der Waals surface area contributed by atoms with Gasteiger partial charge in [0.1, 0.15) is 11.9 Å². The third kappa shape index (κ3) is 4.87. The lowest BCUT2D eigenvalue weighted by Crippen LogP contribution is -2.49. The first-order chi connectivity index (χ1) is 13.2. The Bertz CT molecular complexity index is 717. The van der Waals surface area contributed by atoms with Crippen LogP contribution in [-0.4, -0.2) is 48.9 Å². The van der Waals surface area contributed by atoms with Crippen LogP contribution >= 0.6 is 0 Å². The van der Waals surface area contributed by atoms with Crippen LogP contribution in [0.5, 0.6) is 5.75 Å². The van der Waals surface area contributed by atoms with E-state index in [2.05, 4.69) is 0 Å². The molecule has 0 bridgehead atoms. The van der Waals surface area contributed by atoms with Crippen molar-refractivity contribution < 1.29 is 19.4 Å². The number of carbonyl (C=O) groups is 1. The van der Waals surface area contributed by atoms with Crippen LogP contribution in [-0.2, 0) is 16.0 Å². The van der Waals surface area contributed by atoms with E-state index in [4.69, 9.17) is 9.47 Å². The van der Waals surface area contributed by atoms with E-state index in [1.54, 1.807) is 7.11 Å². The summed E-state index contributed by atoms with van der Waals surface area (Å²) in [6, 6.07) is 17.5. The van der Waals surface area contributed by atoms with E-state index in [0.717, 1.165) is 24.2 Å². The molecule has 0 aliphatic carbocycles. The first-order valence-electron chi connectivity index (χ1n) is 9.42. The van der Waals surface area contributed by atoms with Crippen LogP contribution in [0.15, 0.2) is 54.6 Å². The minimum absolute atomic E-state index is 0.102. The summed E-state index contributed by atoms with van der Waals surface area (Å²) in [5.74, 6) is 0.947. The number of aliphatic hydroxyl groups is 1. The van der Waals surface area contributed by atoms with Crippen molar-refractivity contribution in [1.29, 1.82) is 0 Å². The fraction of sp³-hybridized carbons (Fsp3) is 0.409. The Morgan fingerprint density at radius 1 is 1.19 bits per heavy atom. The lowest BCUT2D eigenvalue weighted by Gasteiger charge is -2.41. The zero-order valence-electron chi connectivity index (χ0n) is 15.7. The molecule has 1 aliphatic heterocycles. The number of rotatable bonds is 7. The van der Waals surface area contributed by atoms with Crippen molar-refractivity contribution in [3.63, 3.8) is 0 Å². The molecular formula is C22H27NO4. The summed E-state index contributed by atoms with van der Waals surface area (Å²) < 4.78 is 10.9. The fourth-order valence-electron chi connectivity index (χ4n) is 3.59. The Balaban J connectivity index is 1.62. The van der Waals surface area contributed by atoms with Gasteiger partial charge in [0.15, 0.2) is 0 Å². The van der Waals surface area contributed by atoms with Crippen LogP contribution in [0.1, 0.15) is 30.0 Å². The molecule has 1 heterocycles. The molecule has 0 unspecified atom stereocenters. The van der Waals surface area contributed by atoms with Crippen LogP contribution in [0.3, 0.4) is 0 Å². The van der Waals surface area contributed by atoms with Crippen LogP contribution < -0.4 is 4.74 Å². The number of amides is 1. The van der Waals surface area contributed by atoms with Gasteiger partial charge in [-0.15, -0.1) is 0 Å². The number of nitrogens with zero attached hydrogens (tertiary/aromatic N) is 1. The highest BCUT2D eigenvalue weighted by Gasteiger charge is 2.35. The summed E-state index contributed by atoms with van der Waals surface area (Å²) in [5, 5.41) is 9.72. The largest absolute Gasteiger partial charge is 0.497 e. The van der Waals surface area contributed by atoms with Crippen LogP contribution in [0.4, 0.5) is 0 Å². The summed E-state index contributed by atoms with van der Waals surface area (Å²) in [5.41, 5.74) is 2.19. The minimum atomic E-state index is -0.383. The van der Waals surface area contributed by atoms with E-state index in [0.29, 0.717) is 19.6 Å². The Morgan fingerprint density at radius 2 is 1.93 bits per heavy atom. The normalized spacial score (nSPS) is 19.7. The highest BCUT2D eigenvalue weighted by molar-refractivity contribution is 5.77. The van der Waals surface area contributed by atoms with Crippen LogP contribution in [0, 0.1) is 0 Å². The average Bonchev–Trinajstić information content (AvgIpc) is 2.74. The maximum atomic E-state index is 12.9. The highest BCUT2D eigenvalue weighted by atomic mass is 16.5. The van der Waals surface area contributed by atoms with E-state index >= 15 is 0 Å². The molecule has 1 N–H and O–H groups in total. The molecule has 27 heavy (non-hydrogen) atoms. The smallest absolute Gasteiger partial charge is 0.223 e. The molecule has 2 aromatic rings. The SMILES string of the molecule is COc1ccc(CCCC(=O)N2CCO[C@H](CO)[C@H]2c2ccccc2)cc1. The van der Waals surface area contributed by atoms with Gasteiger partial charge in [0.25, 0.3) is 0 Å². The molecule has 2 atom stereocenters. The topological polar surface area (TPSA) is 59.0 Å². The number of ether oxygens (including phenoxy) is 2. The van der Waals surface area contributed by atoms with E-state index < -0.39 is 0 Å². The van der Waals surface area contributed by atoms with Crippen molar-refractivity contribution >= 4 is 5.91 Å². The molecule has 3 rings (SSSR count). The zero-order chi connectivity index (χ0) is 19.1. The van der Waals surface area contributed by atoms with E-state index in [1.807, 2.05) is 59.5 Å². The zero-order valence-corrected chi connectivity index (χ0v) is 15.7. The van der Waals surface area contributed by atoms with Crippen molar-refractivity contribution in [2.24, 2.45) is 0 Å². The van der Waals surface area contributed by atoms with Gasteiger partial charge in [0, 0.05) is 13.0 Å². The maximum Gasteiger partial charge on any atom is 0.223 e. The molecule has 0 spiro atoms. The van der Waals surface area contributed by atoms with Crippen LogP contribution in [0.2, 0.25) is 0 Å². The van der Waals surface area contributed by atoms with Gasteiger partial charge in [0.05, 0.1) is 26.4 Å². The van der Waals surface area contributed by atoms with Gasteiger partial charge in [-0.1, -0.05) is 42.5 Å². The first-order valence-corrected chi connectivity index (χ1v) is 9.42. The Labute approximate surface area is 160 Å². The van der Waals surface area contributed by atoms with Crippen molar-refractivity contribution in [2.45, 2.75) is 31.4 Å². The Morgan fingerprint density at radius 3 is 2.59 bits per heavy atom. The summed E-state index contributed by atoms with van der Waals surface area (Å²) in [6.45, 7) is 0.908. The summed E-state index contributed by atoms with van der Waals surface area (Å²) >= 11 is 0. The second kappa shape index (κ2) is 9.53. The summed E-state index contributed by atoms with van der Waals surface area (Å²) in [4.78, 5) is 14.8. The van der Waals surface area contributed by atoms with Crippen LogP contribution in [0.25, 0.3) is 0 Å². The van der Waals surface area contributed by atoms with Gasteiger partial charge < -0.3 is 19.5 Å². The fourth-order valence-corrected chi connectivity index (χ4v) is 3.59. The van der Waals surface area contributed by atoms with Crippen molar-refractivity contribution in [1.82, 2.24) is 4.90 Å². The lowest BCUT2D eigenvalue weighted by atomic mass is 9.97. The molecule has 144 valence electrons. The van der Waals surface area contributed by atoms with Crippen molar-refractivity contribution in [2.75, 3.05) is 26.9 Å². The molecule has 1 saturated heterocycles. The highest BCUT2D eigenvalue weighted by Crippen LogP contribution is 2.30. The second-order valence-electron chi connectivity index (χ2n) is 6.74. The average molecular weight is 369 g/mol. The molecule has 2 aromatic carbocycles. The molecule has 5 nitrogen and oxygen atoms in total. The molecule has 1 amide bonds. The number of carbonyl (C=O) groups excluding carboxylic acids is 1. The number of hydrogen-bond donors (Lipinski definition) is 1. The maximum absolute atomic E-state index is 12.9. The van der Waals surface area contributed by atoms with E-state index in [1.165, 1.54) is 5.56 Å². The van der Waals surface area contributed by atoms with Crippen molar-refractivity contribution in [3.05, 3.63) is 65.7 Å². The third-order valence-corrected chi connectivity index (χ3v) is 5.01. The van der Waals surface area contributed by atoms with Gasteiger partial charge >= 0.3 is 0 Å². The molecule has 5 heteroatoms. The lowest BCUT2D eigenvalue weighted by molar-refractivity contribution is -0.150. The number of benzene rings is 2. The van der Waals surface area contributed by atoms with Gasteiger partial charge in [-0.25, -0.2) is 0 Å². The molecule has 1 fully saturated rings. The number of aliphatic hydroxyl groups excluding tert-OH is 1. The predicted molar refractivity (Wildman–Crippen MR) is 104 cm³/mol. The number of methoxy groups -OCH3 is 1. The van der Waals surface area contributed by atoms with E-state index in [-0.39, 0.29) is 24.7 Å². The number of hydrogen-bond acceptors (Lipinski definition) is 4. The molecule has 0 saturated carbocycles. The molecule has 0 aromatic heterocycles. The predicted octanol–water partition coefficient (Wildman–Crippen LogP) is 2.98. The van der Waals surface area contributed by atoms with E-state index in [9.17, 15) is 9.90 Å². The van der Waals surface area contributed by atoms with Gasteiger partial charge in [0.2, 0.25) is 5.91 Å². The second-order valence-corrected chi connectivity index (χ2v) is 6.74. The summed E-state index contributed by atoms with van der Waals surface area (Å²) in [6.07, 6.45) is 1.73. The standard InChI is InChI=1S/C22H27NO4/c1-26-19-12-10-17(11-13-19)6-5-9-21(25)23-14-15-27-20(16-24)22(23)18-7-3-2-4-8-18/h2-4,7-8,10-13,20,22,24H,5-6,9,14-16H2,1H3/t20-,22-/m1/s1. The van der Waals surface area contributed by atoms with Gasteiger partial charge in [-0.3, -0.25) is 4.79 Å². The summed E-state index contributed by atoms with van der Waals surface area (Å²) in [7, 11) is 1.65. The Kier molecular flexibility index (Phi) is 6.85. The molecule has 0 radical (unpaired) electrons. The first kappa shape index (κ1) is 19.4. The monoisotopic (exact) mass is 369 g/mol. The Hall–Kier alpha value is -2.37.